The van der Waals surface area contributed by atoms with Crippen molar-refractivity contribution in [3.05, 3.63) is 35.9 Å². The maximum atomic E-state index is 12.0. The molecule has 1 heterocycles. The normalized spacial score (nSPS) is 10.1. The number of carbonyl (C=O) groups is 1. The van der Waals surface area contributed by atoms with Crippen molar-refractivity contribution in [2.24, 2.45) is 0 Å². The Bertz CT molecular complexity index is 686. The molecule has 108 valence electrons. The number of fused-ring (bicyclic) bond motifs is 1. The second kappa shape index (κ2) is 6.71. The molecule has 5 heteroatoms. The van der Waals surface area contributed by atoms with Gasteiger partial charge < -0.3 is 10.2 Å². The van der Waals surface area contributed by atoms with Crippen molar-refractivity contribution in [2.75, 3.05) is 25.0 Å². The summed E-state index contributed by atoms with van der Waals surface area (Å²) in [5.74, 6) is 0.569. The number of nitrogens with zero attached hydrogens (tertiary/aromatic N) is 3. The van der Waals surface area contributed by atoms with E-state index in [1.54, 1.807) is 11.0 Å². The van der Waals surface area contributed by atoms with E-state index >= 15 is 0 Å². The molecule has 0 spiro atoms. The first-order valence-corrected chi connectivity index (χ1v) is 7.01. The molecule has 0 saturated carbocycles. The smallest absolute Gasteiger partial charge is 0.241 e. The summed E-state index contributed by atoms with van der Waals surface area (Å²) in [5, 5.41) is 13.0. The predicted molar refractivity (Wildman–Crippen MR) is 82.9 cm³/mol. The summed E-state index contributed by atoms with van der Waals surface area (Å²) >= 11 is 0. The highest BCUT2D eigenvalue weighted by Crippen LogP contribution is 2.19. The molecule has 0 aliphatic carbocycles. The molecule has 0 aliphatic rings. The van der Waals surface area contributed by atoms with Crippen LogP contribution in [0.4, 0.5) is 5.82 Å². The van der Waals surface area contributed by atoms with Crippen LogP contribution in [0.2, 0.25) is 0 Å². The van der Waals surface area contributed by atoms with Gasteiger partial charge in [-0.15, -0.1) is 0 Å². The van der Waals surface area contributed by atoms with Gasteiger partial charge in [-0.05, 0) is 26.0 Å². The van der Waals surface area contributed by atoms with E-state index in [0.29, 0.717) is 24.5 Å². The minimum atomic E-state index is 0.0217. The van der Waals surface area contributed by atoms with Crippen LogP contribution in [0.1, 0.15) is 19.4 Å². The highest BCUT2D eigenvalue weighted by molar-refractivity contribution is 5.87. The Hall–Kier alpha value is -2.61. The van der Waals surface area contributed by atoms with Gasteiger partial charge in [0, 0.05) is 18.5 Å². The van der Waals surface area contributed by atoms with Gasteiger partial charge in [0.1, 0.15) is 5.82 Å². The molecule has 1 aromatic heterocycles. The Morgan fingerprint density at radius 1 is 1.33 bits per heavy atom. The van der Waals surface area contributed by atoms with Crippen LogP contribution in [0.25, 0.3) is 10.9 Å². The van der Waals surface area contributed by atoms with E-state index in [1.807, 2.05) is 38.1 Å². The first kappa shape index (κ1) is 14.8. The van der Waals surface area contributed by atoms with E-state index in [0.717, 1.165) is 10.9 Å². The summed E-state index contributed by atoms with van der Waals surface area (Å²) in [4.78, 5) is 18.2. The molecule has 1 aromatic carbocycles. The Morgan fingerprint density at radius 3 is 2.71 bits per heavy atom. The van der Waals surface area contributed by atoms with Crippen LogP contribution >= 0.6 is 0 Å². The molecule has 0 radical (unpaired) electrons. The number of rotatable bonds is 5. The molecule has 0 fully saturated rings. The largest absolute Gasteiger partial charge is 0.361 e. The van der Waals surface area contributed by atoms with E-state index < -0.39 is 0 Å². The minimum absolute atomic E-state index is 0.0217. The molecule has 2 aromatic rings. The Labute approximate surface area is 124 Å². The van der Waals surface area contributed by atoms with Crippen molar-refractivity contribution in [1.29, 1.82) is 5.26 Å². The average molecular weight is 282 g/mol. The molecule has 1 N–H and O–H groups in total. The van der Waals surface area contributed by atoms with Gasteiger partial charge in [0.15, 0.2) is 0 Å². The van der Waals surface area contributed by atoms with Gasteiger partial charge in [-0.3, -0.25) is 4.79 Å². The SMILES string of the molecule is CCN(CC)C(=O)CNc1cc(C#N)c2ccccc2n1. The van der Waals surface area contributed by atoms with Crippen molar-refractivity contribution >= 4 is 22.6 Å². The van der Waals surface area contributed by atoms with Crippen LogP contribution in [0.5, 0.6) is 0 Å². The van der Waals surface area contributed by atoms with Gasteiger partial charge >= 0.3 is 0 Å². The summed E-state index contributed by atoms with van der Waals surface area (Å²) in [6, 6.07) is 11.3. The Balaban J connectivity index is 2.20. The van der Waals surface area contributed by atoms with Crippen LogP contribution in [-0.4, -0.2) is 35.4 Å². The van der Waals surface area contributed by atoms with Gasteiger partial charge in [0.25, 0.3) is 0 Å². The molecular formula is C16H18N4O. The van der Waals surface area contributed by atoms with Crippen LogP contribution in [-0.2, 0) is 4.79 Å². The number of hydrogen-bond acceptors (Lipinski definition) is 4. The van der Waals surface area contributed by atoms with Gasteiger partial charge in [0.2, 0.25) is 5.91 Å². The van der Waals surface area contributed by atoms with Gasteiger partial charge in [0.05, 0.1) is 23.7 Å². The zero-order valence-corrected chi connectivity index (χ0v) is 12.3. The number of nitriles is 1. The second-order valence-electron chi connectivity index (χ2n) is 4.60. The number of carbonyl (C=O) groups excluding carboxylic acids is 1. The fraction of sp³-hybridized carbons (Fsp3) is 0.312. The summed E-state index contributed by atoms with van der Waals surface area (Å²) in [6.07, 6.45) is 0. The first-order valence-electron chi connectivity index (χ1n) is 7.01. The Kier molecular flexibility index (Phi) is 4.72. The standard InChI is InChI=1S/C16H18N4O/c1-3-20(4-2)16(21)11-18-15-9-12(10-17)13-7-5-6-8-14(13)19-15/h5-9H,3-4,11H2,1-2H3,(H,18,19). The van der Waals surface area contributed by atoms with Crippen molar-refractivity contribution in [3.63, 3.8) is 0 Å². The molecule has 21 heavy (non-hydrogen) atoms. The zero-order chi connectivity index (χ0) is 15.2. The molecule has 1 amide bonds. The van der Waals surface area contributed by atoms with Crippen LogP contribution in [0.3, 0.4) is 0 Å². The number of anilines is 1. The lowest BCUT2D eigenvalue weighted by atomic mass is 10.1. The molecule has 2 rings (SSSR count). The highest BCUT2D eigenvalue weighted by Gasteiger charge is 2.10. The third-order valence-electron chi connectivity index (χ3n) is 3.37. The lowest BCUT2D eigenvalue weighted by Gasteiger charge is -2.19. The summed E-state index contributed by atoms with van der Waals surface area (Å²) in [7, 11) is 0. The van der Waals surface area contributed by atoms with Gasteiger partial charge in [-0.2, -0.15) is 5.26 Å². The fourth-order valence-corrected chi connectivity index (χ4v) is 2.21. The number of likely N-dealkylation sites (N-methyl/N-ethyl adjacent to an activating group) is 1. The maximum Gasteiger partial charge on any atom is 0.241 e. The van der Waals surface area contributed by atoms with Crippen LogP contribution in [0.15, 0.2) is 30.3 Å². The molecular weight excluding hydrogens is 264 g/mol. The lowest BCUT2D eigenvalue weighted by molar-refractivity contribution is -0.128. The summed E-state index contributed by atoms with van der Waals surface area (Å²) < 4.78 is 0. The van der Waals surface area contributed by atoms with E-state index in [-0.39, 0.29) is 12.5 Å². The number of nitrogens with one attached hydrogen (secondary N) is 1. The minimum Gasteiger partial charge on any atom is -0.361 e. The number of para-hydroxylation sites is 1. The second-order valence-corrected chi connectivity index (χ2v) is 4.60. The van der Waals surface area contributed by atoms with Gasteiger partial charge in [-0.25, -0.2) is 4.98 Å². The maximum absolute atomic E-state index is 12.0. The highest BCUT2D eigenvalue weighted by atomic mass is 16.2. The molecule has 0 bridgehead atoms. The summed E-state index contributed by atoms with van der Waals surface area (Å²) in [6.45, 7) is 5.45. The molecule has 0 saturated heterocycles. The topological polar surface area (TPSA) is 69.0 Å². The molecule has 0 aliphatic heterocycles. The lowest BCUT2D eigenvalue weighted by Crippen LogP contribution is -2.35. The zero-order valence-electron chi connectivity index (χ0n) is 12.3. The number of benzene rings is 1. The molecule has 0 unspecified atom stereocenters. The van der Waals surface area contributed by atoms with Gasteiger partial charge in [-0.1, -0.05) is 18.2 Å². The van der Waals surface area contributed by atoms with E-state index in [9.17, 15) is 10.1 Å². The number of pyridine rings is 1. The fourth-order valence-electron chi connectivity index (χ4n) is 2.21. The molecule has 0 atom stereocenters. The number of aromatic nitrogens is 1. The van der Waals surface area contributed by atoms with Crippen molar-refractivity contribution < 1.29 is 4.79 Å². The Morgan fingerprint density at radius 2 is 2.05 bits per heavy atom. The van der Waals surface area contributed by atoms with E-state index in [1.165, 1.54) is 0 Å². The van der Waals surface area contributed by atoms with Crippen molar-refractivity contribution in [1.82, 2.24) is 9.88 Å². The van der Waals surface area contributed by atoms with E-state index in [2.05, 4.69) is 16.4 Å². The number of hydrogen-bond donors (Lipinski definition) is 1. The summed E-state index contributed by atoms with van der Waals surface area (Å²) in [5.41, 5.74) is 1.30. The quantitative estimate of drug-likeness (QED) is 0.914. The van der Waals surface area contributed by atoms with Crippen LogP contribution < -0.4 is 5.32 Å². The van der Waals surface area contributed by atoms with Crippen LogP contribution in [0, 0.1) is 11.3 Å². The van der Waals surface area contributed by atoms with Crippen molar-refractivity contribution in [3.8, 4) is 6.07 Å². The first-order chi connectivity index (χ1) is 10.2. The molecule has 5 nitrogen and oxygen atoms in total. The van der Waals surface area contributed by atoms with Crippen molar-refractivity contribution in [2.45, 2.75) is 13.8 Å². The third kappa shape index (κ3) is 3.29. The monoisotopic (exact) mass is 282 g/mol. The predicted octanol–water partition coefficient (Wildman–Crippen LogP) is 2.39. The number of amides is 1. The average Bonchev–Trinajstić information content (AvgIpc) is 2.53. The third-order valence-corrected chi connectivity index (χ3v) is 3.37. The van der Waals surface area contributed by atoms with E-state index in [4.69, 9.17) is 0 Å².